The number of benzene rings is 2. The summed E-state index contributed by atoms with van der Waals surface area (Å²) in [6.45, 7) is 14.2. The average molecular weight is 911 g/mol. The number of carbonyl (C=O) groups is 2. The van der Waals surface area contributed by atoms with Gasteiger partial charge in [-0.25, -0.2) is 0 Å². The van der Waals surface area contributed by atoms with E-state index >= 15 is 0 Å². The van der Waals surface area contributed by atoms with Crippen LogP contribution in [0.3, 0.4) is 0 Å². The van der Waals surface area contributed by atoms with E-state index in [0.29, 0.717) is 82.9 Å². The normalized spacial score (nSPS) is 45.4. The first-order valence-corrected chi connectivity index (χ1v) is 27.0. The Morgan fingerprint density at radius 3 is 1.24 bits per heavy atom. The number of aliphatic hydroxyl groups is 4. The molecule has 8 nitrogen and oxygen atoms in total. The second kappa shape index (κ2) is 19.7. The highest BCUT2D eigenvalue weighted by Crippen LogP contribution is 2.70. The number of fused-ring (bicyclic) bond motifs is 11. The van der Waals surface area contributed by atoms with E-state index in [9.17, 15) is 30.0 Å². The summed E-state index contributed by atoms with van der Waals surface area (Å²) >= 11 is 0. The van der Waals surface area contributed by atoms with E-state index in [0.717, 1.165) is 76.0 Å². The molecular formula is C58H90N2O6. The van der Waals surface area contributed by atoms with E-state index < -0.39 is 0 Å². The first-order chi connectivity index (χ1) is 31.3. The predicted molar refractivity (Wildman–Crippen MR) is 264 cm³/mol. The number of carbonyl (C=O) groups excluding carboxylic acids is 2. The fourth-order valence-electron chi connectivity index (χ4n) is 18.6. The second-order valence-electron chi connectivity index (χ2n) is 25.1. The first-order valence-electron chi connectivity index (χ1n) is 27.0. The van der Waals surface area contributed by atoms with E-state index in [1.54, 1.807) is 0 Å². The smallest absolute Gasteiger partial charge is 0.217 e. The number of hydrogen-bond donors (Lipinski definition) is 6. The van der Waals surface area contributed by atoms with Crippen molar-refractivity contribution in [3.8, 4) is 0 Å². The molecule has 0 aromatic heterocycles. The zero-order chi connectivity index (χ0) is 47.3. The summed E-state index contributed by atoms with van der Waals surface area (Å²) in [6, 6.07) is 16.7. The lowest BCUT2D eigenvalue weighted by Crippen LogP contribution is -2.58. The molecular weight excluding hydrogens is 821 g/mol. The lowest BCUT2D eigenvalue weighted by molar-refractivity contribution is -0.175. The number of amides is 2. The highest BCUT2D eigenvalue weighted by Gasteiger charge is 2.65. The monoisotopic (exact) mass is 911 g/mol. The lowest BCUT2D eigenvalue weighted by Gasteiger charge is -2.62. The predicted octanol–water partition coefficient (Wildman–Crippen LogP) is 10.6. The Bertz CT molecular complexity index is 1820. The van der Waals surface area contributed by atoms with Crippen LogP contribution in [0.25, 0.3) is 10.8 Å². The molecule has 10 rings (SSSR count). The zero-order valence-electron chi connectivity index (χ0n) is 41.8. The van der Waals surface area contributed by atoms with Crippen molar-refractivity contribution in [2.75, 3.05) is 0 Å². The summed E-state index contributed by atoms with van der Waals surface area (Å²) in [6.07, 6.45) is 19.6. The van der Waals surface area contributed by atoms with E-state index in [1.807, 2.05) is 0 Å². The minimum atomic E-state index is -0.246. The van der Waals surface area contributed by atoms with Crippen molar-refractivity contribution in [3.63, 3.8) is 0 Å². The van der Waals surface area contributed by atoms with Crippen LogP contribution in [-0.2, 0) is 9.59 Å². The van der Waals surface area contributed by atoms with Crippen LogP contribution < -0.4 is 11.5 Å². The van der Waals surface area contributed by atoms with Crippen LogP contribution in [0.1, 0.15) is 170 Å². The van der Waals surface area contributed by atoms with Gasteiger partial charge in [0.1, 0.15) is 0 Å². The molecule has 0 aliphatic heterocycles. The van der Waals surface area contributed by atoms with Gasteiger partial charge >= 0.3 is 0 Å². The minimum absolute atomic E-state index is 0.0182. The molecule has 2 aromatic rings. The highest BCUT2D eigenvalue weighted by molar-refractivity contribution is 5.82. The Morgan fingerprint density at radius 1 is 0.530 bits per heavy atom. The Balaban J connectivity index is 0.000000148. The fraction of sp³-hybridized carbons (Fsp3) is 0.793. The van der Waals surface area contributed by atoms with Crippen LogP contribution in [0.5, 0.6) is 0 Å². The van der Waals surface area contributed by atoms with Crippen molar-refractivity contribution < 1.29 is 30.0 Å². The molecule has 2 aromatic carbocycles. The zero-order valence-corrected chi connectivity index (χ0v) is 41.8. The van der Waals surface area contributed by atoms with Crippen molar-refractivity contribution in [1.82, 2.24) is 0 Å². The molecule has 0 spiro atoms. The van der Waals surface area contributed by atoms with Crippen molar-refractivity contribution in [1.29, 1.82) is 0 Å². The van der Waals surface area contributed by atoms with Gasteiger partial charge in [0.25, 0.3) is 0 Å². The fourth-order valence-corrected chi connectivity index (χ4v) is 18.6. The number of primary amides is 2. The van der Waals surface area contributed by atoms with Crippen molar-refractivity contribution in [3.05, 3.63) is 48.5 Å². The van der Waals surface area contributed by atoms with E-state index in [1.165, 1.54) is 62.1 Å². The third-order valence-electron chi connectivity index (χ3n) is 22.4. The summed E-state index contributed by atoms with van der Waals surface area (Å²) in [5, 5.41) is 46.0. The van der Waals surface area contributed by atoms with Gasteiger partial charge in [0.15, 0.2) is 0 Å². The van der Waals surface area contributed by atoms with Gasteiger partial charge in [0.05, 0.1) is 24.4 Å². The molecule has 368 valence electrons. The molecule has 66 heavy (non-hydrogen) atoms. The summed E-state index contributed by atoms with van der Waals surface area (Å²) in [7, 11) is 0. The number of hydrogen-bond acceptors (Lipinski definition) is 6. The SMILES string of the molecule is C[C@H](CCC(N)=O)[C@H]1CC[C@H]2[C@@H]3CC[C@@H]4C[C@H](O)CC[C@]4(C)[C@H]3C[C@H](O)[C@]12C.C[C@H](CCC(N)=O)[C@H]1CC[C@H]2[C@@H]3CC[C@@H]4C[C@H](O)CC[C@]4(C)[C@H]3C[C@H](O)[C@]12C.c1ccc2ccccc2c1. The van der Waals surface area contributed by atoms with Gasteiger partial charge in [-0.3, -0.25) is 9.59 Å². The van der Waals surface area contributed by atoms with Crippen LogP contribution in [0.4, 0.5) is 0 Å². The maximum absolute atomic E-state index is 11.5. The number of aliphatic hydroxyl groups excluding tert-OH is 4. The van der Waals surface area contributed by atoms with Gasteiger partial charge in [-0.15, -0.1) is 0 Å². The van der Waals surface area contributed by atoms with Gasteiger partial charge in [-0.05, 0) is 219 Å². The van der Waals surface area contributed by atoms with E-state index in [-0.39, 0.29) is 47.1 Å². The molecule has 0 unspecified atom stereocenters. The standard InChI is InChI=1S/2C24H41NO3.C10H8/c2*1-14(4-9-22(25)28)18-7-8-19-17-6-5-15-12-16(26)10-11-23(15,2)20(17)13-21(27)24(18,19)3;1-2-6-10-8-4-3-7-9(10)5-1/h2*14-21,26-27H,4-13H2,1-3H3,(H2,25,28);1-8H/t2*14-,15-,16-,17+,18-,19+,20+,21+,23+,24-;/m11./s1. The first kappa shape index (κ1) is 49.9. The summed E-state index contributed by atoms with van der Waals surface area (Å²) < 4.78 is 0. The van der Waals surface area contributed by atoms with Crippen LogP contribution in [0.15, 0.2) is 48.5 Å². The van der Waals surface area contributed by atoms with E-state index in [2.05, 4.69) is 90.1 Å². The average Bonchev–Trinajstić information content (AvgIpc) is 3.85. The van der Waals surface area contributed by atoms with Crippen molar-refractivity contribution in [2.45, 2.75) is 194 Å². The molecule has 8 saturated carbocycles. The Labute approximate surface area is 398 Å². The maximum atomic E-state index is 11.5. The van der Waals surface area contributed by atoms with Crippen LogP contribution in [0.2, 0.25) is 0 Å². The van der Waals surface area contributed by atoms with Crippen LogP contribution in [0, 0.1) is 92.7 Å². The van der Waals surface area contributed by atoms with Gasteiger partial charge < -0.3 is 31.9 Å². The number of nitrogens with two attached hydrogens (primary N) is 2. The minimum Gasteiger partial charge on any atom is -0.393 e. The Kier molecular flexibility index (Phi) is 14.9. The van der Waals surface area contributed by atoms with Crippen molar-refractivity contribution >= 4 is 22.6 Å². The molecule has 8 aliphatic carbocycles. The molecule has 8 fully saturated rings. The molecule has 8 aliphatic rings. The molecule has 0 bridgehead atoms. The second-order valence-corrected chi connectivity index (χ2v) is 25.1. The highest BCUT2D eigenvalue weighted by atomic mass is 16.3. The molecule has 20 atom stereocenters. The van der Waals surface area contributed by atoms with E-state index in [4.69, 9.17) is 11.5 Å². The van der Waals surface area contributed by atoms with Crippen LogP contribution in [-0.4, -0.2) is 56.7 Å². The molecule has 2 amide bonds. The molecule has 0 saturated heterocycles. The van der Waals surface area contributed by atoms with Gasteiger partial charge in [-0.1, -0.05) is 90.1 Å². The molecule has 8 heteroatoms. The van der Waals surface area contributed by atoms with Gasteiger partial charge in [0.2, 0.25) is 11.8 Å². The molecule has 0 radical (unpaired) electrons. The Morgan fingerprint density at radius 2 is 0.894 bits per heavy atom. The lowest BCUT2D eigenvalue weighted by atomic mass is 9.43. The summed E-state index contributed by atoms with van der Waals surface area (Å²) in [4.78, 5) is 22.6. The Hall–Kier alpha value is -2.52. The van der Waals surface area contributed by atoms with Gasteiger partial charge in [-0.2, -0.15) is 0 Å². The quantitative estimate of drug-likeness (QED) is 0.154. The van der Waals surface area contributed by atoms with Crippen LogP contribution >= 0.6 is 0 Å². The largest absolute Gasteiger partial charge is 0.393 e. The summed E-state index contributed by atoms with van der Waals surface area (Å²) in [5.41, 5.74) is 11.3. The topological polar surface area (TPSA) is 167 Å². The molecule has 0 heterocycles. The maximum Gasteiger partial charge on any atom is 0.217 e. The molecule has 8 N–H and O–H groups in total. The number of rotatable bonds is 8. The summed E-state index contributed by atoms with van der Waals surface area (Å²) in [5.74, 6) is 6.55. The van der Waals surface area contributed by atoms with Gasteiger partial charge in [0, 0.05) is 12.8 Å². The third-order valence-corrected chi connectivity index (χ3v) is 22.4. The third kappa shape index (κ3) is 9.07. The van der Waals surface area contributed by atoms with Crippen molar-refractivity contribution in [2.24, 2.45) is 104 Å².